The second-order valence-electron chi connectivity index (χ2n) is 6.43. The topological polar surface area (TPSA) is 67.4 Å². The third-order valence-corrected chi connectivity index (χ3v) is 3.33. The highest BCUT2D eigenvalue weighted by Crippen LogP contribution is 2.18. The highest BCUT2D eigenvalue weighted by Gasteiger charge is 2.24. The summed E-state index contributed by atoms with van der Waals surface area (Å²) in [7, 11) is 0. The Morgan fingerprint density at radius 1 is 1.33 bits per heavy atom. The first kappa shape index (κ1) is 15.5. The van der Waals surface area contributed by atoms with Gasteiger partial charge in [0.05, 0.1) is 0 Å². The van der Waals surface area contributed by atoms with Gasteiger partial charge >= 0.3 is 6.09 Å². The molecule has 116 valence electrons. The molecule has 1 amide bonds. The summed E-state index contributed by atoms with van der Waals surface area (Å²) >= 11 is 0. The van der Waals surface area contributed by atoms with Crippen molar-refractivity contribution in [1.29, 1.82) is 0 Å². The molecular formula is C15H24N4O2. The average molecular weight is 292 g/mol. The molecule has 1 N–H and O–H groups in total. The van der Waals surface area contributed by atoms with Crippen LogP contribution in [0.5, 0.6) is 0 Å². The van der Waals surface area contributed by atoms with Gasteiger partial charge < -0.3 is 15.0 Å². The van der Waals surface area contributed by atoms with E-state index in [2.05, 4.69) is 20.2 Å². The second kappa shape index (κ2) is 6.28. The van der Waals surface area contributed by atoms with Gasteiger partial charge in [-0.3, -0.25) is 0 Å². The van der Waals surface area contributed by atoms with E-state index in [1.54, 1.807) is 6.33 Å². The molecule has 0 bridgehead atoms. The van der Waals surface area contributed by atoms with Crippen LogP contribution >= 0.6 is 0 Å². The van der Waals surface area contributed by atoms with Crippen molar-refractivity contribution in [3.05, 3.63) is 18.1 Å². The molecule has 0 aliphatic carbocycles. The summed E-state index contributed by atoms with van der Waals surface area (Å²) in [5.74, 6) is 0.957. The molecule has 21 heavy (non-hydrogen) atoms. The van der Waals surface area contributed by atoms with Crippen LogP contribution in [0, 0.1) is 6.92 Å². The molecule has 0 atom stereocenters. The SMILES string of the molecule is Cc1cc(N2CCC(NC(=O)OC(C)(C)C)CC2)ncn1. The first-order valence-corrected chi connectivity index (χ1v) is 7.36. The molecule has 2 heterocycles. The van der Waals surface area contributed by atoms with Gasteiger partial charge in [0.25, 0.3) is 0 Å². The van der Waals surface area contributed by atoms with Gasteiger partial charge in [-0.05, 0) is 40.5 Å². The predicted octanol–water partition coefficient (Wildman–Crippen LogP) is 2.28. The minimum atomic E-state index is -0.455. The summed E-state index contributed by atoms with van der Waals surface area (Å²) in [6.45, 7) is 9.31. The average Bonchev–Trinajstić information content (AvgIpc) is 2.37. The molecular weight excluding hydrogens is 268 g/mol. The first-order valence-electron chi connectivity index (χ1n) is 7.36. The lowest BCUT2D eigenvalue weighted by molar-refractivity contribution is 0.0497. The van der Waals surface area contributed by atoms with E-state index in [9.17, 15) is 4.79 Å². The molecule has 0 aromatic carbocycles. The Morgan fingerprint density at radius 3 is 2.57 bits per heavy atom. The number of piperidine rings is 1. The zero-order valence-electron chi connectivity index (χ0n) is 13.2. The number of hydrogen-bond donors (Lipinski definition) is 1. The van der Waals surface area contributed by atoms with E-state index >= 15 is 0 Å². The Hall–Kier alpha value is -1.85. The maximum Gasteiger partial charge on any atom is 0.407 e. The molecule has 1 aliphatic heterocycles. The number of carbonyl (C=O) groups is 1. The Bertz CT molecular complexity index is 491. The highest BCUT2D eigenvalue weighted by molar-refractivity contribution is 5.68. The molecule has 6 heteroatoms. The first-order chi connectivity index (χ1) is 9.83. The Kier molecular flexibility index (Phi) is 4.65. The van der Waals surface area contributed by atoms with Crippen LogP contribution in [0.2, 0.25) is 0 Å². The number of nitrogens with zero attached hydrogens (tertiary/aromatic N) is 3. The van der Waals surface area contributed by atoms with Crippen LogP contribution in [0.1, 0.15) is 39.3 Å². The van der Waals surface area contributed by atoms with E-state index in [1.165, 1.54) is 0 Å². The van der Waals surface area contributed by atoms with E-state index in [0.29, 0.717) is 0 Å². The fraction of sp³-hybridized carbons (Fsp3) is 0.667. The highest BCUT2D eigenvalue weighted by atomic mass is 16.6. The quantitative estimate of drug-likeness (QED) is 0.905. The molecule has 0 spiro atoms. The van der Waals surface area contributed by atoms with Gasteiger partial charge in [0.1, 0.15) is 17.7 Å². The molecule has 1 fully saturated rings. The fourth-order valence-electron chi connectivity index (χ4n) is 2.34. The molecule has 0 saturated carbocycles. The molecule has 2 rings (SSSR count). The van der Waals surface area contributed by atoms with E-state index in [1.807, 2.05) is 33.8 Å². The van der Waals surface area contributed by atoms with Crippen molar-refractivity contribution in [2.75, 3.05) is 18.0 Å². The summed E-state index contributed by atoms with van der Waals surface area (Å²) in [6.07, 6.45) is 3.04. The fourth-order valence-corrected chi connectivity index (χ4v) is 2.34. The number of nitrogens with one attached hydrogen (secondary N) is 1. The van der Waals surface area contributed by atoms with E-state index in [-0.39, 0.29) is 12.1 Å². The normalized spacial score (nSPS) is 16.7. The lowest BCUT2D eigenvalue weighted by Crippen LogP contribution is -2.46. The Balaban J connectivity index is 1.82. The number of aryl methyl sites for hydroxylation is 1. The molecule has 0 unspecified atom stereocenters. The van der Waals surface area contributed by atoms with Gasteiger partial charge in [-0.15, -0.1) is 0 Å². The summed E-state index contributed by atoms with van der Waals surface area (Å²) in [6, 6.07) is 2.15. The van der Waals surface area contributed by atoms with Crippen molar-refractivity contribution in [3.63, 3.8) is 0 Å². The van der Waals surface area contributed by atoms with Gasteiger partial charge in [0.15, 0.2) is 0 Å². The zero-order chi connectivity index (χ0) is 15.5. The maximum atomic E-state index is 11.8. The van der Waals surface area contributed by atoms with Crippen LogP contribution < -0.4 is 10.2 Å². The van der Waals surface area contributed by atoms with Crippen molar-refractivity contribution in [3.8, 4) is 0 Å². The van der Waals surface area contributed by atoms with Crippen molar-refractivity contribution in [1.82, 2.24) is 15.3 Å². The molecule has 0 radical (unpaired) electrons. The number of hydrogen-bond acceptors (Lipinski definition) is 5. The van der Waals surface area contributed by atoms with Crippen molar-refractivity contribution in [2.45, 2.75) is 52.2 Å². The van der Waals surface area contributed by atoms with Crippen LogP contribution in [-0.2, 0) is 4.74 Å². The number of ether oxygens (including phenoxy) is 1. The lowest BCUT2D eigenvalue weighted by atomic mass is 10.1. The van der Waals surface area contributed by atoms with Crippen LogP contribution in [0.4, 0.5) is 10.6 Å². The summed E-state index contributed by atoms with van der Waals surface area (Å²) < 4.78 is 5.28. The minimum absolute atomic E-state index is 0.166. The van der Waals surface area contributed by atoms with Gasteiger partial charge in [0.2, 0.25) is 0 Å². The van der Waals surface area contributed by atoms with Crippen LogP contribution in [0.3, 0.4) is 0 Å². The van der Waals surface area contributed by atoms with Gasteiger partial charge in [-0.1, -0.05) is 0 Å². The number of alkyl carbamates (subject to hydrolysis) is 1. The smallest absolute Gasteiger partial charge is 0.407 e. The van der Waals surface area contributed by atoms with Crippen LogP contribution in [-0.4, -0.2) is 40.8 Å². The van der Waals surface area contributed by atoms with E-state index < -0.39 is 5.60 Å². The zero-order valence-corrected chi connectivity index (χ0v) is 13.2. The summed E-state index contributed by atoms with van der Waals surface area (Å²) in [4.78, 5) is 22.4. The number of rotatable bonds is 2. The molecule has 1 aliphatic rings. The largest absolute Gasteiger partial charge is 0.444 e. The maximum absolute atomic E-state index is 11.8. The van der Waals surface area contributed by atoms with Gasteiger partial charge in [-0.25, -0.2) is 14.8 Å². The van der Waals surface area contributed by atoms with Crippen molar-refractivity contribution >= 4 is 11.9 Å². The predicted molar refractivity (Wildman–Crippen MR) is 81.4 cm³/mol. The second-order valence-corrected chi connectivity index (χ2v) is 6.43. The summed E-state index contributed by atoms with van der Waals surface area (Å²) in [5.41, 5.74) is 0.512. The minimum Gasteiger partial charge on any atom is -0.444 e. The number of carbonyl (C=O) groups excluding carboxylic acids is 1. The number of anilines is 1. The lowest BCUT2D eigenvalue weighted by Gasteiger charge is -2.33. The Morgan fingerprint density at radius 2 is 2.00 bits per heavy atom. The van der Waals surface area contributed by atoms with Gasteiger partial charge in [0, 0.05) is 30.9 Å². The summed E-state index contributed by atoms with van der Waals surface area (Å²) in [5, 5.41) is 2.94. The van der Waals surface area contributed by atoms with Gasteiger partial charge in [-0.2, -0.15) is 0 Å². The third-order valence-electron chi connectivity index (χ3n) is 3.33. The molecule has 1 aromatic heterocycles. The number of aromatic nitrogens is 2. The van der Waals surface area contributed by atoms with Crippen LogP contribution in [0.15, 0.2) is 12.4 Å². The molecule has 1 saturated heterocycles. The molecule has 6 nitrogen and oxygen atoms in total. The van der Waals surface area contributed by atoms with E-state index in [0.717, 1.165) is 37.4 Å². The third kappa shape index (κ3) is 4.88. The standard InChI is InChI=1S/C15H24N4O2/c1-11-9-13(17-10-16-11)19-7-5-12(6-8-19)18-14(20)21-15(2,3)4/h9-10,12H,5-8H2,1-4H3,(H,18,20). The van der Waals surface area contributed by atoms with E-state index in [4.69, 9.17) is 4.74 Å². The van der Waals surface area contributed by atoms with Crippen molar-refractivity contribution in [2.24, 2.45) is 0 Å². The Labute approximate surface area is 125 Å². The monoisotopic (exact) mass is 292 g/mol. The number of amides is 1. The molecule has 1 aromatic rings. The van der Waals surface area contributed by atoms with Crippen molar-refractivity contribution < 1.29 is 9.53 Å². The van der Waals surface area contributed by atoms with Crippen LogP contribution in [0.25, 0.3) is 0 Å².